The van der Waals surface area contributed by atoms with Gasteiger partial charge < -0.3 is 9.97 Å². The molecule has 2 N–H and O–H groups in total. The highest BCUT2D eigenvalue weighted by Crippen LogP contribution is 2.27. The number of pyridine rings is 2. The van der Waals surface area contributed by atoms with Crippen molar-refractivity contribution in [2.24, 2.45) is 0 Å². The first kappa shape index (κ1) is 24.2. The molecule has 190 valence electrons. The van der Waals surface area contributed by atoms with Crippen molar-refractivity contribution in [2.45, 2.75) is 51.4 Å². The average molecular weight is 499 g/mol. The van der Waals surface area contributed by atoms with Gasteiger partial charge in [-0.15, -0.1) is 0 Å². The number of para-hydroxylation sites is 2. The van der Waals surface area contributed by atoms with Crippen LogP contribution in [0, 0.1) is 0 Å². The van der Waals surface area contributed by atoms with Crippen molar-refractivity contribution >= 4 is 21.8 Å². The van der Waals surface area contributed by atoms with Gasteiger partial charge in [0.2, 0.25) is 0 Å². The molecule has 0 bridgehead atoms. The summed E-state index contributed by atoms with van der Waals surface area (Å²) in [7, 11) is 0. The van der Waals surface area contributed by atoms with Gasteiger partial charge in [0.25, 0.3) is 0 Å². The summed E-state index contributed by atoms with van der Waals surface area (Å²) in [5, 5.41) is 2.71. The smallest absolute Gasteiger partial charge is 0.0458 e. The predicted molar refractivity (Wildman–Crippen MR) is 157 cm³/mol. The monoisotopic (exact) mass is 498 g/mol. The van der Waals surface area contributed by atoms with Crippen LogP contribution in [0.15, 0.2) is 97.3 Å². The minimum absolute atomic E-state index is 0.963. The Kier molecular flexibility index (Phi) is 7.30. The van der Waals surface area contributed by atoms with E-state index in [-0.39, 0.29) is 0 Å². The second-order valence-corrected chi connectivity index (χ2v) is 10.1. The average Bonchev–Trinajstić information content (AvgIpc) is 3.51. The van der Waals surface area contributed by atoms with Gasteiger partial charge in [-0.05, 0) is 98.9 Å². The molecule has 0 aliphatic heterocycles. The zero-order chi connectivity index (χ0) is 25.6. The van der Waals surface area contributed by atoms with Crippen LogP contribution in [-0.4, -0.2) is 19.9 Å². The summed E-state index contributed by atoms with van der Waals surface area (Å²) in [4.78, 5) is 16.6. The Balaban J connectivity index is 1.14. The van der Waals surface area contributed by atoms with Gasteiger partial charge in [0, 0.05) is 57.0 Å². The van der Waals surface area contributed by atoms with Gasteiger partial charge in [0.1, 0.15) is 0 Å². The van der Waals surface area contributed by atoms with Crippen LogP contribution in [0.25, 0.3) is 21.8 Å². The van der Waals surface area contributed by atoms with Crippen molar-refractivity contribution in [1.29, 1.82) is 0 Å². The van der Waals surface area contributed by atoms with Crippen molar-refractivity contribution in [1.82, 2.24) is 19.9 Å². The van der Waals surface area contributed by atoms with E-state index in [1.165, 1.54) is 44.3 Å². The molecular weight excluding hydrogens is 464 g/mol. The fraction of sp³-hybridized carbons (Fsp3) is 0.235. The van der Waals surface area contributed by atoms with Crippen LogP contribution in [0.3, 0.4) is 0 Å². The van der Waals surface area contributed by atoms with E-state index in [2.05, 4.69) is 92.7 Å². The number of nitrogens with zero attached hydrogens (tertiary/aromatic N) is 2. The van der Waals surface area contributed by atoms with Crippen molar-refractivity contribution < 1.29 is 0 Å². The maximum absolute atomic E-state index is 4.54. The number of H-pyrrole nitrogens is 2. The molecule has 2 aromatic carbocycles. The Bertz CT molecular complexity index is 1490. The summed E-state index contributed by atoms with van der Waals surface area (Å²) in [5.74, 6) is 0. The first-order valence-electron chi connectivity index (χ1n) is 13.8. The maximum Gasteiger partial charge on any atom is 0.0458 e. The van der Waals surface area contributed by atoms with Crippen molar-refractivity contribution in [3.05, 3.63) is 131 Å². The number of hydrogen-bond acceptors (Lipinski definition) is 2. The molecule has 0 aliphatic carbocycles. The summed E-state index contributed by atoms with van der Waals surface area (Å²) < 4.78 is 0. The van der Waals surface area contributed by atoms with Crippen molar-refractivity contribution in [3.63, 3.8) is 0 Å². The number of aromatic nitrogens is 4. The number of hydrogen-bond donors (Lipinski definition) is 2. The van der Waals surface area contributed by atoms with Crippen LogP contribution in [0.5, 0.6) is 0 Å². The number of fused-ring (bicyclic) bond motifs is 2. The van der Waals surface area contributed by atoms with Gasteiger partial charge in [-0.2, -0.15) is 0 Å². The van der Waals surface area contributed by atoms with Crippen LogP contribution in [0.2, 0.25) is 0 Å². The molecule has 4 heterocycles. The Hall–Kier alpha value is -4.18. The van der Waals surface area contributed by atoms with Crippen LogP contribution < -0.4 is 0 Å². The molecule has 0 atom stereocenters. The molecule has 6 rings (SSSR count). The molecule has 0 fully saturated rings. The molecule has 0 amide bonds. The summed E-state index contributed by atoms with van der Waals surface area (Å²) >= 11 is 0. The number of benzene rings is 2. The molecule has 0 spiro atoms. The van der Waals surface area contributed by atoms with Crippen molar-refractivity contribution in [2.75, 3.05) is 0 Å². The topological polar surface area (TPSA) is 57.4 Å². The van der Waals surface area contributed by atoms with Gasteiger partial charge >= 0.3 is 0 Å². The van der Waals surface area contributed by atoms with Crippen LogP contribution in [-0.2, 0) is 38.5 Å². The Morgan fingerprint density at radius 3 is 1.34 bits per heavy atom. The van der Waals surface area contributed by atoms with Gasteiger partial charge in [0.15, 0.2) is 0 Å². The molecular formula is C34H34N4. The van der Waals surface area contributed by atoms with E-state index in [0.717, 1.165) is 62.8 Å². The van der Waals surface area contributed by atoms with Crippen molar-refractivity contribution in [3.8, 4) is 0 Å². The van der Waals surface area contributed by atoms with Gasteiger partial charge in [-0.3, -0.25) is 9.97 Å². The van der Waals surface area contributed by atoms with Crippen LogP contribution >= 0.6 is 0 Å². The molecule has 4 nitrogen and oxygen atoms in total. The molecule has 0 saturated carbocycles. The lowest BCUT2D eigenvalue weighted by molar-refractivity contribution is 0.707. The minimum Gasteiger partial charge on any atom is -0.358 e. The fourth-order valence-electron chi connectivity index (χ4n) is 5.71. The maximum atomic E-state index is 4.54. The number of unbranched alkanes of at least 4 members (excludes halogenated alkanes) is 1. The standard InChI is InChI=1S/C34H34N4/c1-3-15-31-27(13-1)29(21-19-25-11-7-9-23-35-25)33(37-31)17-5-6-18-34-30(22-20-26-12-8-10-24-36-26)28-14-2-4-16-32(28)38-34/h1-4,7-16,23-24,37-38H,5-6,17-22H2. The number of aryl methyl sites for hydroxylation is 6. The van der Waals surface area contributed by atoms with Crippen LogP contribution in [0.1, 0.15) is 46.7 Å². The van der Waals surface area contributed by atoms with E-state index in [1.807, 2.05) is 24.5 Å². The van der Waals surface area contributed by atoms with Gasteiger partial charge in [-0.25, -0.2) is 0 Å². The highest BCUT2D eigenvalue weighted by molar-refractivity contribution is 5.85. The lowest BCUT2D eigenvalue weighted by atomic mass is 9.99. The molecule has 38 heavy (non-hydrogen) atoms. The second-order valence-electron chi connectivity index (χ2n) is 10.1. The molecule has 0 unspecified atom stereocenters. The highest BCUT2D eigenvalue weighted by atomic mass is 14.7. The first-order valence-corrected chi connectivity index (χ1v) is 13.8. The third-order valence-electron chi connectivity index (χ3n) is 7.62. The second kappa shape index (κ2) is 11.5. The zero-order valence-corrected chi connectivity index (χ0v) is 21.8. The fourth-order valence-corrected chi connectivity index (χ4v) is 5.71. The quantitative estimate of drug-likeness (QED) is 0.181. The van der Waals surface area contributed by atoms with E-state index >= 15 is 0 Å². The summed E-state index contributed by atoms with van der Waals surface area (Å²) in [6.45, 7) is 0. The summed E-state index contributed by atoms with van der Waals surface area (Å²) in [5.41, 5.74) is 10.5. The van der Waals surface area contributed by atoms with Crippen LogP contribution in [0.4, 0.5) is 0 Å². The number of nitrogens with one attached hydrogen (secondary N) is 2. The minimum atomic E-state index is 0.963. The normalized spacial score (nSPS) is 11.5. The molecule has 4 heteroatoms. The van der Waals surface area contributed by atoms with Gasteiger partial charge in [-0.1, -0.05) is 48.5 Å². The SMILES string of the molecule is c1ccc(CCc2c(CCCCc3[nH]c4ccccc4c3CCc3ccccn3)[nH]c3ccccc23)nc1. The highest BCUT2D eigenvalue weighted by Gasteiger charge is 2.14. The molecule has 4 aromatic heterocycles. The van der Waals surface area contributed by atoms with E-state index in [1.54, 1.807) is 0 Å². The van der Waals surface area contributed by atoms with E-state index in [0.29, 0.717) is 0 Å². The van der Waals surface area contributed by atoms with Gasteiger partial charge in [0.05, 0.1) is 0 Å². The Labute approximate surface area is 224 Å². The lowest BCUT2D eigenvalue weighted by Gasteiger charge is -2.07. The molecule has 6 aromatic rings. The number of aromatic amines is 2. The third kappa shape index (κ3) is 5.40. The summed E-state index contributed by atoms with van der Waals surface area (Å²) in [6, 6.07) is 29.8. The Morgan fingerprint density at radius 2 is 0.895 bits per heavy atom. The van der Waals surface area contributed by atoms with E-state index in [9.17, 15) is 0 Å². The molecule has 0 aliphatic rings. The largest absolute Gasteiger partial charge is 0.358 e. The Morgan fingerprint density at radius 1 is 0.447 bits per heavy atom. The lowest BCUT2D eigenvalue weighted by Crippen LogP contribution is -2.00. The van der Waals surface area contributed by atoms with E-state index in [4.69, 9.17) is 0 Å². The number of rotatable bonds is 11. The summed E-state index contributed by atoms with van der Waals surface area (Å²) in [6.07, 6.45) is 12.2. The predicted octanol–water partition coefficient (Wildman–Crippen LogP) is 7.58. The molecule has 0 saturated heterocycles. The van der Waals surface area contributed by atoms with E-state index < -0.39 is 0 Å². The molecule has 0 radical (unpaired) electrons. The third-order valence-corrected chi connectivity index (χ3v) is 7.62. The zero-order valence-electron chi connectivity index (χ0n) is 21.8. The first-order chi connectivity index (χ1) is 18.8.